The van der Waals surface area contributed by atoms with Crippen molar-refractivity contribution >= 4 is 17.8 Å². The van der Waals surface area contributed by atoms with E-state index in [1.54, 1.807) is 24.3 Å². The molecule has 0 saturated heterocycles. The zero-order valence-electron chi connectivity index (χ0n) is 13.8. The van der Waals surface area contributed by atoms with E-state index < -0.39 is 24.2 Å². The number of carbonyl (C=O) groups is 2. The van der Waals surface area contributed by atoms with E-state index >= 15 is 0 Å². The molecule has 0 saturated carbocycles. The molecule has 2 rings (SSSR count). The van der Waals surface area contributed by atoms with E-state index in [1.165, 1.54) is 38.5 Å². The summed E-state index contributed by atoms with van der Waals surface area (Å²) in [6.07, 6.45) is 2.71. The van der Waals surface area contributed by atoms with E-state index in [1.807, 2.05) is 0 Å². The number of methoxy groups -OCH3 is 2. The molecule has 0 atom stereocenters. The minimum Gasteiger partial charge on any atom is -0.496 e. The summed E-state index contributed by atoms with van der Waals surface area (Å²) in [5.41, 5.74) is 0.712. The van der Waals surface area contributed by atoms with Crippen LogP contribution >= 0.6 is 0 Å². The zero-order valence-corrected chi connectivity index (χ0v) is 13.8. The van der Waals surface area contributed by atoms with Crippen molar-refractivity contribution in [3.05, 3.63) is 65.5 Å². The maximum Gasteiger partial charge on any atom is 0.331 e. The second kappa shape index (κ2) is 8.63. The van der Waals surface area contributed by atoms with Crippen LogP contribution in [-0.4, -0.2) is 32.6 Å². The first-order chi connectivity index (χ1) is 12.0. The zero-order chi connectivity index (χ0) is 18.2. The van der Waals surface area contributed by atoms with Gasteiger partial charge in [-0.15, -0.1) is 0 Å². The number of benzene rings is 2. The third-order valence-electron chi connectivity index (χ3n) is 3.35. The molecule has 25 heavy (non-hydrogen) atoms. The largest absolute Gasteiger partial charge is 0.496 e. The Morgan fingerprint density at radius 1 is 1.04 bits per heavy atom. The highest BCUT2D eigenvalue weighted by atomic mass is 19.1. The Hall–Kier alpha value is -3.15. The van der Waals surface area contributed by atoms with Gasteiger partial charge in [0.2, 0.25) is 5.78 Å². The summed E-state index contributed by atoms with van der Waals surface area (Å²) in [6, 6.07) is 10.7. The molecule has 2 aromatic rings. The van der Waals surface area contributed by atoms with Crippen LogP contribution in [0.15, 0.2) is 48.5 Å². The van der Waals surface area contributed by atoms with Crippen molar-refractivity contribution in [2.45, 2.75) is 0 Å². The topological polar surface area (TPSA) is 61.8 Å². The van der Waals surface area contributed by atoms with E-state index in [9.17, 15) is 14.0 Å². The first kappa shape index (κ1) is 18.2. The second-order valence-corrected chi connectivity index (χ2v) is 4.95. The van der Waals surface area contributed by atoms with Gasteiger partial charge in [0.25, 0.3) is 0 Å². The molecule has 0 unspecified atom stereocenters. The van der Waals surface area contributed by atoms with E-state index in [0.717, 1.165) is 6.07 Å². The van der Waals surface area contributed by atoms with Gasteiger partial charge in [-0.3, -0.25) is 4.79 Å². The lowest BCUT2D eigenvalue weighted by Gasteiger charge is -2.07. The average Bonchev–Trinajstić information content (AvgIpc) is 2.64. The molecular weight excluding hydrogens is 327 g/mol. The summed E-state index contributed by atoms with van der Waals surface area (Å²) in [4.78, 5) is 23.9. The Balaban J connectivity index is 1.99. The number of rotatable bonds is 7. The van der Waals surface area contributed by atoms with Crippen molar-refractivity contribution in [1.29, 1.82) is 0 Å². The van der Waals surface area contributed by atoms with Gasteiger partial charge in [-0.1, -0.05) is 18.2 Å². The van der Waals surface area contributed by atoms with Crippen LogP contribution in [0.2, 0.25) is 0 Å². The minimum atomic E-state index is -0.699. The lowest BCUT2D eigenvalue weighted by Crippen LogP contribution is -2.13. The summed E-state index contributed by atoms with van der Waals surface area (Å²) in [7, 11) is 2.89. The van der Waals surface area contributed by atoms with Crippen molar-refractivity contribution < 1.29 is 28.2 Å². The predicted octanol–water partition coefficient (Wildman–Crippen LogP) is 3.28. The van der Waals surface area contributed by atoms with Crippen LogP contribution in [0, 0.1) is 5.82 Å². The molecular formula is C19H17FO5. The highest BCUT2D eigenvalue weighted by molar-refractivity contribution is 6.01. The molecule has 0 aliphatic rings. The van der Waals surface area contributed by atoms with E-state index in [4.69, 9.17) is 14.2 Å². The van der Waals surface area contributed by atoms with E-state index in [2.05, 4.69) is 0 Å². The number of halogens is 1. The van der Waals surface area contributed by atoms with Crippen molar-refractivity contribution in [3.8, 4) is 11.5 Å². The lowest BCUT2D eigenvalue weighted by molar-refractivity contribution is -0.136. The van der Waals surface area contributed by atoms with Gasteiger partial charge in [0.05, 0.1) is 19.8 Å². The van der Waals surface area contributed by atoms with Crippen LogP contribution < -0.4 is 9.47 Å². The molecule has 0 spiro atoms. The molecule has 0 amide bonds. The lowest BCUT2D eigenvalue weighted by atomic mass is 10.1. The van der Waals surface area contributed by atoms with Crippen molar-refractivity contribution in [1.82, 2.24) is 0 Å². The fourth-order valence-electron chi connectivity index (χ4n) is 2.12. The Labute approximate surface area is 144 Å². The summed E-state index contributed by atoms with van der Waals surface area (Å²) in [6.45, 7) is -0.519. The normalized spacial score (nSPS) is 10.5. The maximum atomic E-state index is 13.3. The van der Waals surface area contributed by atoms with Gasteiger partial charge in [0.15, 0.2) is 6.61 Å². The Morgan fingerprint density at radius 2 is 1.76 bits per heavy atom. The van der Waals surface area contributed by atoms with Crippen molar-refractivity contribution in [2.75, 3.05) is 20.8 Å². The standard InChI is InChI=1S/C19H17FO5/c1-23-17-6-4-3-5-13(17)7-10-19(22)25-12-16(21)15-11-14(20)8-9-18(15)24-2/h3-11H,12H2,1-2H3/b10-7+. The first-order valence-electron chi connectivity index (χ1n) is 7.39. The second-order valence-electron chi connectivity index (χ2n) is 4.95. The molecule has 2 aromatic carbocycles. The summed E-state index contributed by atoms with van der Waals surface area (Å²) < 4.78 is 28.3. The molecule has 6 heteroatoms. The number of ether oxygens (including phenoxy) is 3. The third-order valence-corrected chi connectivity index (χ3v) is 3.35. The molecule has 0 heterocycles. The number of carbonyl (C=O) groups excluding carboxylic acids is 2. The van der Waals surface area contributed by atoms with E-state index in [-0.39, 0.29) is 11.3 Å². The number of esters is 1. The monoisotopic (exact) mass is 344 g/mol. The highest BCUT2D eigenvalue weighted by Crippen LogP contribution is 2.20. The van der Waals surface area contributed by atoms with Gasteiger partial charge in [-0.25, -0.2) is 9.18 Å². The summed E-state index contributed by atoms with van der Waals surface area (Å²) in [5, 5.41) is 0. The summed E-state index contributed by atoms with van der Waals surface area (Å²) in [5.74, 6) is -1.02. The highest BCUT2D eigenvalue weighted by Gasteiger charge is 2.15. The number of ketones is 1. The van der Waals surface area contributed by atoms with Crippen LogP contribution in [0.5, 0.6) is 11.5 Å². The van der Waals surface area contributed by atoms with Crippen molar-refractivity contribution in [3.63, 3.8) is 0 Å². The van der Waals surface area contributed by atoms with Crippen LogP contribution in [0.25, 0.3) is 6.08 Å². The third kappa shape index (κ3) is 4.91. The van der Waals surface area contributed by atoms with E-state index in [0.29, 0.717) is 11.3 Å². The molecule has 0 bridgehead atoms. The Morgan fingerprint density at radius 3 is 2.48 bits per heavy atom. The summed E-state index contributed by atoms with van der Waals surface area (Å²) >= 11 is 0. The average molecular weight is 344 g/mol. The van der Waals surface area contributed by atoms with Crippen LogP contribution in [-0.2, 0) is 9.53 Å². The Kier molecular flexibility index (Phi) is 6.28. The van der Waals surface area contributed by atoms with Crippen LogP contribution in [0.4, 0.5) is 4.39 Å². The van der Waals surface area contributed by atoms with Gasteiger partial charge in [0, 0.05) is 11.6 Å². The molecule has 0 N–H and O–H groups in total. The number of hydrogen-bond acceptors (Lipinski definition) is 5. The fraction of sp³-hybridized carbons (Fsp3) is 0.158. The molecule has 0 fully saturated rings. The molecule has 0 aliphatic carbocycles. The minimum absolute atomic E-state index is 0.0176. The predicted molar refractivity (Wildman–Crippen MR) is 90.3 cm³/mol. The molecule has 0 aromatic heterocycles. The Bertz CT molecular complexity index is 798. The molecule has 0 aliphatic heterocycles. The first-order valence-corrected chi connectivity index (χ1v) is 7.39. The van der Waals surface area contributed by atoms with Crippen molar-refractivity contribution in [2.24, 2.45) is 0 Å². The molecule has 130 valence electrons. The van der Waals surface area contributed by atoms with Gasteiger partial charge in [0.1, 0.15) is 17.3 Å². The van der Waals surface area contributed by atoms with Gasteiger partial charge >= 0.3 is 5.97 Å². The van der Waals surface area contributed by atoms with Gasteiger partial charge in [-0.2, -0.15) is 0 Å². The van der Waals surface area contributed by atoms with Gasteiger partial charge in [-0.05, 0) is 30.3 Å². The molecule has 0 radical (unpaired) electrons. The maximum absolute atomic E-state index is 13.3. The fourth-order valence-corrected chi connectivity index (χ4v) is 2.12. The number of para-hydroxylation sites is 1. The van der Waals surface area contributed by atoms with Crippen LogP contribution in [0.3, 0.4) is 0 Å². The quantitative estimate of drug-likeness (QED) is 0.438. The SMILES string of the molecule is COc1ccccc1/C=C/C(=O)OCC(=O)c1cc(F)ccc1OC. The number of Topliss-reactive ketones (excluding diaryl/α,β-unsaturated/α-hetero) is 1. The molecule has 5 nitrogen and oxygen atoms in total. The van der Waals surface area contributed by atoms with Gasteiger partial charge < -0.3 is 14.2 Å². The van der Waals surface area contributed by atoms with Crippen LogP contribution in [0.1, 0.15) is 15.9 Å². The smallest absolute Gasteiger partial charge is 0.331 e. The number of hydrogen-bond donors (Lipinski definition) is 0.